The number of carbonyl (C=O) groups excluding carboxylic acids is 4. The lowest BCUT2D eigenvalue weighted by molar-refractivity contribution is -0.148. The minimum Gasteiger partial charge on any atom is -0.480 e. The average Bonchev–Trinajstić information content (AvgIpc) is 3.07. The van der Waals surface area contributed by atoms with Crippen LogP contribution in [0.4, 0.5) is 0 Å². The first-order valence-corrected chi connectivity index (χ1v) is 17.1. The number of nitrogens with one attached hydrogen (secondary N) is 3. The van der Waals surface area contributed by atoms with E-state index in [4.69, 9.17) is 17.2 Å². The van der Waals surface area contributed by atoms with E-state index in [1.165, 1.54) is 4.90 Å². The fourth-order valence-electron chi connectivity index (χ4n) is 5.86. The van der Waals surface area contributed by atoms with Gasteiger partial charge in [0.05, 0.1) is 6.04 Å². The van der Waals surface area contributed by atoms with Crippen molar-refractivity contribution >= 4 is 29.6 Å². The topological polar surface area (TPSA) is 223 Å². The lowest BCUT2D eigenvalue weighted by atomic mass is 9.88. The predicted molar refractivity (Wildman–Crippen MR) is 187 cm³/mol. The Labute approximate surface area is 288 Å². The number of rotatable bonds is 18. The van der Waals surface area contributed by atoms with Crippen LogP contribution in [-0.2, 0) is 36.8 Å². The van der Waals surface area contributed by atoms with Crippen LogP contribution in [0.15, 0.2) is 60.7 Å². The Morgan fingerprint density at radius 1 is 0.776 bits per heavy atom. The van der Waals surface area contributed by atoms with E-state index in [1.807, 2.05) is 74.5 Å². The van der Waals surface area contributed by atoms with E-state index < -0.39 is 53.4 Å². The van der Waals surface area contributed by atoms with E-state index in [0.717, 1.165) is 11.1 Å². The first kappa shape index (κ1) is 39.1. The van der Waals surface area contributed by atoms with Gasteiger partial charge in [0.15, 0.2) is 0 Å². The van der Waals surface area contributed by atoms with Crippen LogP contribution in [0.25, 0.3) is 0 Å². The maximum Gasteiger partial charge on any atom is 0.323 e. The predicted octanol–water partition coefficient (Wildman–Crippen LogP) is 0.833. The van der Waals surface area contributed by atoms with Crippen LogP contribution in [0.2, 0.25) is 0 Å². The van der Waals surface area contributed by atoms with Gasteiger partial charge in [0.25, 0.3) is 0 Å². The van der Waals surface area contributed by atoms with Gasteiger partial charge in [0, 0.05) is 19.5 Å². The van der Waals surface area contributed by atoms with Gasteiger partial charge in [-0.1, -0.05) is 74.5 Å². The molecule has 0 spiro atoms. The molecule has 13 nitrogen and oxygen atoms in total. The largest absolute Gasteiger partial charge is 0.480 e. The number of piperidine rings is 1. The number of hydrogen-bond donors (Lipinski definition) is 7. The molecular formula is C36H53N7O6. The number of hydrogen-bond acceptors (Lipinski definition) is 8. The summed E-state index contributed by atoms with van der Waals surface area (Å²) in [7, 11) is 0. The van der Waals surface area contributed by atoms with Crippen LogP contribution in [0.3, 0.4) is 0 Å². The molecule has 0 unspecified atom stereocenters. The second kappa shape index (κ2) is 19.0. The summed E-state index contributed by atoms with van der Waals surface area (Å²) in [5.74, 6) is -3.04. The minimum atomic E-state index is -1.40. The Kier molecular flexibility index (Phi) is 15.2. The molecule has 1 saturated heterocycles. The van der Waals surface area contributed by atoms with Crippen molar-refractivity contribution in [2.75, 3.05) is 19.6 Å². The van der Waals surface area contributed by atoms with E-state index in [0.29, 0.717) is 25.8 Å². The van der Waals surface area contributed by atoms with Crippen molar-refractivity contribution in [2.24, 2.45) is 23.1 Å². The van der Waals surface area contributed by atoms with Crippen molar-refractivity contribution in [1.29, 1.82) is 0 Å². The van der Waals surface area contributed by atoms with E-state index in [9.17, 15) is 29.1 Å². The van der Waals surface area contributed by atoms with E-state index in [-0.39, 0.29) is 57.0 Å². The molecule has 13 heteroatoms. The van der Waals surface area contributed by atoms with Crippen molar-refractivity contribution < 1.29 is 29.1 Å². The number of carbonyl (C=O) groups is 5. The fourth-order valence-corrected chi connectivity index (χ4v) is 5.86. The molecular weight excluding hydrogens is 626 g/mol. The number of amides is 4. The summed E-state index contributed by atoms with van der Waals surface area (Å²) in [6.07, 6.45) is 2.44. The molecule has 4 atom stereocenters. The number of carboxylic acids is 1. The zero-order chi connectivity index (χ0) is 36.0. The zero-order valence-corrected chi connectivity index (χ0v) is 28.6. The molecule has 0 aliphatic carbocycles. The molecule has 2 aromatic carbocycles. The zero-order valence-electron chi connectivity index (χ0n) is 28.6. The third-order valence-electron chi connectivity index (χ3n) is 8.85. The molecule has 10 N–H and O–H groups in total. The van der Waals surface area contributed by atoms with Crippen LogP contribution < -0.4 is 33.2 Å². The summed E-state index contributed by atoms with van der Waals surface area (Å²) in [6.45, 7) is 4.53. The Bertz CT molecular complexity index is 1380. The van der Waals surface area contributed by atoms with E-state index in [2.05, 4.69) is 16.0 Å². The molecule has 1 aliphatic heterocycles. The molecule has 1 aliphatic rings. The highest BCUT2D eigenvalue weighted by atomic mass is 16.4. The molecule has 3 rings (SSSR count). The molecule has 1 heterocycles. The first-order chi connectivity index (χ1) is 23.3. The smallest absolute Gasteiger partial charge is 0.323 e. The van der Waals surface area contributed by atoms with Crippen LogP contribution in [0.1, 0.15) is 63.5 Å². The maximum atomic E-state index is 13.9. The SMILES string of the molecule is CC(C)C[C@H](NC(=O)[C@@H](Cc1ccccc1)NC(=O)[C@@H](N)Cc1ccccc1)C(=O)N[C@H](CCCCN)C(=O)N1CCC(N)(C(=O)O)CC1. The van der Waals surface area contributed by atoms with Gasteiger partial charge in [-0.25, -0.2) is 0 Å². The Morgan fingerprint density at radius 3 is 1.82 bits per heavy atom. The summed E-state index contributed by atoms with van der Waals surface area (Å²) >= 11 is 0. The lowest BCUT2D eigenvalue weighted by Crippen LogP contribution is -2.60. The number of unbranched alkanes of at least 4 members (excludes halogenated alkanes) is 1. The number of nitrogens with two attached hydrogens (primary N) is 3. The molecule has 4 amide bonds. The second-order valence-electron chi connectivity index (χ2n) is 13.4. The van der Waals surface area contributed by atoms with Crippen LogP contribution >= 0.6 is 0 Å². The van der Waals surface area contributed by atoms with Crippen molar-refractivity contribution in [3.05, 3.63) is 71.8 Å². The maximum absolute atomic E-state index is 13.9. The highest BCUT2D eigenvalue weighted by molar-refractivity contribution is 5.95. The van der Waals surface area contributed by atoms with Gasteiger partial charge < -0.3 is 43.2 Å². The first-order valence-electron chi connectivity index (χ1n) is 17.1. The summed E-state index contributed by atoms with van der Waals surface area (Å²) in [5, 5.41) is 18.0. The van der Waals surface area contributed by atoms with Gasteiger partial charge >= 0.3 is 5.97 Å². The van der Waals surface area contributed by atoms with Crippen LogP contribution in [-0.4, -0.2) is 88.9 Å². The highest BCUT2D eigenvalue weighted by Gasteiger charge is 2.40. The highest BCUT2D eigenvalue weighted by Crippen LogP contribution is 2.21. The number of carboxylic acid groups (broad SMARTS) is 1. The average molecular weight is 680 g/mol. The van der Waals surface area contributed by atoms with Crippen LogP contribution in [0, 0.1) is 5.92 Å². The number of nitrogens with zero attached hydrogens (tertiary/aromatic N) is 1. The van der Waals surface area contributed by atoms with Gasteiger partial charge in [-0.15, -0.1) is 0 Å². The third kappa shape index (κ3) is 12.3. The van der Waals surface area contributed by atoms with Crippen molar-refractivity contribution in [3.8, 4) is 0 Å². The number of likely N-dealkylation sites (tertiary alicyclic amines) is 1. The Morgan fingerprint density at radius 2 is 1.29 bits per heavy atom. The van der Waals surface area contributed by atoms with Gasteiger partial charge in [-0.05, 0) is 68.5 Å². The Balaban J connectivity index is 1.77. The molecule has 0 bridgehead atoms. The van der Waals surface area contributed by atoms with E-state index >= 15 is 0 Å². The summed E-state index contributed by atoms with van der Waals surface area (Å²) < 4.78 is 0. The fraction of sp³-hybridized carbons (Fsp3) is 0.528. The molecule has 49 heavy (non-hydrogen) atoms. The standard InChI is InChI=1S/C36H53N7O6/c1-24(2)21-29(32(45)40-28(15-9-10-18-37)34(47)43-19-16-36(39,17-20-43)35(48)49)42-33(46)30(23-26-13-7-4-8-14-26)41-31(44)27(38)22-25-11-5-3-6-12-25/h3-8,11-14,24,27-30H,9-10,15-23,37-39H2,1-2H3,(H,40,45)(H,41,44)(H,42,46)(H,48,49)/t27-,28+,29-,30+/m0/s1. The number of aliphatic carboxylic acids is 1. The summed E-state index contributed by atoms with van der Waals surface area (Å²) in [6, 6.07) is 14.7. The van der Waals surface area contributed by atoms with Crippen molar-refractivity contribution in [2.45, 2.75) is 94.9 Å². The second-order valence-corrected chi connectivity index (χ2v) is 13.4. The Hall–Kier alpha value is -4.33. The van der Waals surface area contributed by atoms with Gasteiger partial charge in [-0.2, -0.15) is 0 Å². The molecule has 0 saturated carbocycles. The summed E-state index contributed by atoms with van der Waals surface area (Å²) in [5.41, 5.74) is 18.2. The van der Waals surface area contributed by atoms with Crippen molar-refractivity contribution in [3.63, 3.8) is 0 Å². The van der Waals surface area contributed by atoms with Gasteiger partial charge in [0.1, 0.15) is 23.7 Å². The monoisotopic (exact) mass is 679 g/mol. The van der Waals surface area contributed by atoms with E-state index in [1.54, 1.807) is 0 Å². The van der Waals surface area contributed by atoms with Crippen LogP contribution in [0.5, 0.6) is 0 Å². The molecule has 1 fully saturated rings. The molecule has 0 radical (unpaired) electrons. The van der Waals surface area contributed by atoms with Gasteiger partial charge in [0.2, 0.25) is 23.6 Å². The number of benzene rings is 2. The van der Waals surface area contributed by atoms with Gasteiger partial charge in [-0.3, -0.25) is 24.0 Å². The molecule has 2 aromatic rings. The quantitative estimate of drug-likeness (QED) is 0.111. The summed E-state index contributed by atoms with van der Waals surface area (Å²) in [4.78, 5) is 67.7. The normalized spacial score (nSPS) is 16.6. The lowest BCUT2D eigenvalue weighted by Gasteiger charge is -2.38. The minimum absolute atomic E-state index is 0.000286. The molecule has 0 aromatic heterocycles. The third-order valence-corrected chi connectivity index (χ3v) is 8.85. The molecule has 268 valence electrons. The van der Waals surface area contributed by atoms with Crippen molar-refractivity contribution in [1.82, 2.24) is 20.9 Å².